The number of aryl methyl sites for hydroxylation is 1. The number of nitrogens with one attached hydrogen (secondary N) is 1. The molecule has 0 spiro atoms. The van der Waals surface area contributed by atoms with E-state index >= 15 is 0 Å². The van der Waals surface area contributed by atoms with Crippen LogP contribution >= 0.6 is 0 Å². The van der Waals surface area contributed by atoms with Gasteiger partial charge in [0.25, 0.3) is 0 Å². The molecule has 130 valence electrons. The number of sulfonamides is 1. The molecule has 0 atom stereocenters. The quantitative estimate of drug-likeness (QED) is 0.728. The van der Waals surface area contributed by atoms with Crippen LogP contribution in [0.4, 0.5) is 0 Å². The minimum atomic E-state index is -3.69. The number of pyridine rings is 1. The maximum atomic E-state index is 12.5. The Balaban J connectivity index is 1.79. The van der Waals surface area contributed by atoms with Crippen LogP contribution in [0.15, 0.2) is 60.0 Å². The van der Waals surface area contributed by atoms with Crippen LogP contribution in [0, 0.1) is 0 Å². The lowest BCUT2D eigenvalue weighted by atomic mass is 10.1. The van der Waals surface area contributed by atoms with Gasteiger partial charge in [-0.2, -0.15) is 5.10 Å². The highest BCUT2D eigenvalue weighted by Crippen LogP contribution is 2.23. The first-order chi connectivity index (χ1) is 12.0. The molecule has 25 heavy (non-hydrogen) atoms. The molecule has 0 fully saturated rings. The maximum absolute atomic E-state index is 12.5. The number of hydrogen-bond donors (Lipinski definition) is 1. The van der Waals surface area contributed by atoms with E-state index in [0.29, 0.717) is 5.75 Å². The Morgan fingerprint density at radius 2 is 1.96 bits per heavy atom. The van der Waals surface area contributed by atoms with E-state index in [9.17, 15) is 8.42 Å². The summed E-state index contributed by atoms with van der Waals surface area (Å²) in [5, 5.41) is 4.13. The lowest BCUT2D eigenvalue weighted by Gasteiger charge is -2.10. The number of para-hydroxylation sites is 1. The van der Waals surface area contributed by atoms with Gasteiger partial charge >= 0.3 is 0 Å². The van der Waals surface area contributed by atoms with Crippen LogP contribution in [-0.4, -0.2) is 30.3 Å². The lowest BCUT2D eigenvalue weighted by Crippen LogP contribution is -2.23. The zero-order valence-electron chi connectivity index (χ0n) is 13.9. The Kier molecular flexibility index (Phi) is 4.82. The number of rotatable bonds is 6. The second-order valence-electron chi connectivity index (χ2n) is 5.46. The largest absolute Gasteiger partial charge is 0.495 e. The fourth-order valence-corrected chi connectivity index (χ4v) is 3.60. The highest BCUT2D eigenvalue weighted by molar-refractivity contribution is 7.89. The van der Waals surface area contributed by atoms with E-state index in [0.717, 1.165) is 16.7 Å². The molecule has 1 aromatic carbocycles. The van der Waals surface area contributed by atoms with Crippen LogP contribution in [0.25, 0.3) is 11.1 Å². The van der Waals surface area contributed by atoms with Gasteiger partial charge in [0.2, 0.25) is 10.0 Å². The molecule has 0 saturated carbocycles. The molecule has 8 heteroatoms. The Morgan fingerprint density at radius 3 is 2.68 bits per heavy atom. The molecular weight excluding hydrogens is 340 g/mol. The zero-order valence-corrected chi connectivity index (χ0v) is 14.7. The Hall–Kier alpha value is -2.71. The third kappa shape index (κ3) is 3.86. The molecule has 0 bridgehead atoms. The zero-order chi connectivity index (χ0) is 17.9. The van der Waals surface area contributed by atoms with Crippen molar-refractivity contribution >= 4 is 10.0 Å². The molecule has 0 saturated heterocycles. The van der Waals surface area contributed by atoms with Crippen LogP contribution in [0.1, 0.15) is 5.56 Å². The van der Waals surface area contributed by atoms with Gasteiger partial charge in [-0.25, -0.2) is 13.1 Å². The van der Waals surface area contributed by atoms with E-state index in [1.807, 2.05) is 19.3 Å². The summed E-state index contributed by atoms with van der Waals surface area (Å²) in [7, 11) is -0.418. The second kappa shape index (κ2) is 7.04. The average molecular weight is 358 g/mol. The Labute approximate surface area is 146 Å². The molecule has 3 rings (SSSR count). The molecule has 3 aromatic rings. The van der Waals surface area contributed by atoms with Crippen molar-refractivity contribution in [3.8, 4) is 16.9 Å². The van der Waals surface area contributed by atoms with Gasteiger partial charge in [-0.05, 0) is 23.8 Å². The predicted molar refractivity (Wildman–Crippen MR) is 93.5 cm³/mol. The SMILES string of the molecule is COc1ccccc1S(=O)(=O)NCc1cncc(-c2cnn(C)c2)c1. The summed E-state index contributed by atoms with van der Waals surface area (Å²) in [6.45, 7) is 0.126. The van der Waals surface area contributed by atoms with Gasteiger partial charge in [0.1, 0.15) is 10.6 Å². The van der Waals surface area contributed by atoms with Crippen LogP contribution < -0.4 is 9.46 Å². The maximum Gasteiger partial charge on any atom is 0.244 e. The van der Waals surface area contributed by atoms with Crippen molar-refractivity contribution < 1.29 is 13.2 Å². The highest BCUT2D eigenvalue weighted by Gasteiger charge is 2.18. The van der Waals surface area contributed by atoms with E-state index < -0.39 is 10.0 Å². The molecule has 0 aliphatic heterocycles. The van der Waals surface area contributed by atoms with Gasteiger partial charge in [0.05, 0.1) is 13.3 Å². The Morgan fingerprint density at radius 1 is 1.16 bits per heavy atom. The Bertz CT molecular complexity index is 983. The number of aromatic nitrogens is 3. The summed E-state index contributed by atoms with van der Waals surface area (Å²) < 4.78 is 34.4. The minimum Gasteiger partial charge on any atom is -0.495 e. The molecule has 0 aliphatic rings. The first-order valence-electron chi connectivity index (χ1n) is 7.55. The van der Waals surface area contributed by atoms with Gasteiger partial charge in [0, 0.05) is 43.3 Å². The lowest BCUT2D eigenvalue weighted by molar-refractivity contribution is 0.402. The summed E-state index contributed by atoms with van der Waals surface area (Å²) in [5.41, 5.74) is 2.55. The van der Waals surface area contributed by atoms with Gasteiger partial charge in [-0.15, -0.1) is 0 Å². The molecule has 0 unspecified atom stereocenters. The van der Waals surface area contributed by atoms with E-state index in [1.165, 1.54) is 13.2 Å². The summed E-state index contributed by atoms with van der Waals surface area (Å²) >= 11 is 0. The fraction of sp³-hybridized carbons (Fsp3) is 0.176. The van der Waals surface area contributed by atoms with Gasteiger partial charge in [0.15, 0.2) is 0 Å². The van der Waals surface area contributed by atoms with Crippen molar-refractivity contribution in [3.63, 3.8) is 0 Å². The van der Waals surface area contributed by atoms with E-state index in [-0.39, 0.29) is 11.4 Å². The van der Waals surface area contributed by atoms with Crippen molar-refractivity contribution in [1.82, 2.24) is 19.5 Å². The third-order valence-corrected chi connectivity index (χ3v) is 5.10. The van der Waals surface area contributed by atoms with Crippen LogP contribution in [0.2, 0.25) is 0 Å². The number of methoxy groups -OCH3 is 1. The van der Waals surface area contributed by atoms with Gasteiger partial charge < -0.3 is 4.74 Å². The number of benzene rings is 1. The summed E-state index contributed by atoms with van der Waals surface area (Å²) in [6.07, 6.45) is 6.96. The van der Waals surface area contributed by atoms with Crippen LogP contribution in [-0.2, 0) is 23.6 Å². The summed E-state index contributed by atoms with van der Waals surface area (Å²) in [5.74, 6) is 0.303. The minimum absolute atomic E-state index is 0.105. The molecular formula is C17H18N4O3S. The van der Waals surface area contributed by atoms with Crippen molar-refractivity contribution in [1.29, 1.82) is 0 Å². The average Bonchev–Trinajstić information content (AvgIpc) is 3.07. The molecule has 0 aliphatic carbocycles. The summed E-state index contributed by atoms with van der Waals surface area (Å²) in [6, 6.07) is 8.38. The number of nitrogens with zero attached hydrogens (tertiary/aromatic N) is 3. The van der Waals surface area contributed by atoms with Gasteiger partial charge in [-0.1, -0.05) is 12.1 Å². The molecule has 2 heterocycles. The topological polar surface area (TPSA) is 86.1 Å². The fourth-order valence-electron chi connectivity index (χ4n) is 2.41. The standard InChI is InChI=1S/C17H18N4O3S/c1-21-12-15(11-19-21)14-7-13(8-18-10-14)9-20-25(22,23)17-6-4-3-5-16(17)24-2/h3-8,10-12,20H,9H2,1-2H3. The predicted octanol–water partition coefficient (Wildman–Crippen LogP) is 1.97. The monoisotopic (exact) mass is 358 g/mol. The van der Waals surface area contributed by atoms with Crippen molar-refractivity contribution in [2.24, 2.45) is 7.05 Å². The van der Waals surface area contributed by atoms with Crippen LogP contribution in [0.3, 0.4) is 0 Å². The molecule has 0 radical (unpaired) electrons. The number of hydrogen-bond acceptors (Lipinski definition) is 5. The van der Waals surface area contributed by atoms with E-state index in [1.54, 1.807) is 41.5 Å². The highest BCUT2D eigenvalue weighted by atomic mass is 32.2. The van der Waals surface area contributed by atoms with Crippen molar-refractivity contribution in [2.45, 2.75) is 11.4 Å². The normalized spacial score (nSPS) is 11.4. The molecule has 1 N–H and O–H groups in total. The van der Waals surface area contributed by atoms with E-state index in [4.69, 9.17) is 4.74 Å². The van der Waals surface area contributed by atoms with Gasteiger partial charge in [-0.3, -0.25) is 9.67 Å². The van der Waals surface area contributed by atoms with Crippen molar-refractivity contribution in [3.05, 3.63) is 60.7 Å². The third-order valence-electron chi connectivity index (χ3n) is 3.66. The van der Waals surface area contributed by atoms with Crippen molar-refractivity contribution in [2.75, 3.05) is 7.11 Å². The summed E-state index contributed by atoms with van der Waals surface area (Å²) in [4.78, 5) is 4.29. The second-order valence-corrected chi connectivity index (χ2v) is 7.20. The molecule has 7 nitrogen and oxygen atoms in total. The number of ether oxygens (including phenoxy) is 1. The van der Waals surface area contributed by atoms with E-state index in [2.05, 4.69) is 14.8 Å². The first-order valence-corrected chi connectivity index (χ1v) is 9.03. The van der Waals surface area contributed by atoms with Crippen LogP contribution in [0.5, 0.6) is 5.75 Å². The molecule has 2 aromatic heterocycles. The smallest absolute Gasteiger partial charge is 0.244 e. The first kappa shape index (κ1) is 17.1. The molecule has 0 amide bonds.